The predicted molar refractivity (Wildman–Crippen MR) is 78.3 cm³/mol. The molecule has 0 amide bonds. The molecule has 0 aliphatic rings. The Bertz CT molecular complexity index is 510. The van der Waals surface area contributed by atoms with E-state index in [0.717, 1.165) is 24.3 Å². The smallest absolute Gasteiger partial charge is 0.0923 e. The van der Waals surface area contributed by atoms with E-state index in [-0.39, 0.29) is 5.84 Å². The second-order valence-corrected chi connectivity index (χ2v) is 4.39. The molecule has 4 heteroatoms. The Labute approximate surface area is 113 Å². The van der Waals surface area contributed by atoms with Crippen LogP contribution in [0.1, 0.15) is 12.0 Å². The molecule has 0 bridgehead atoms. The van der Waals surface area contributed by atoms with E-state index >= 15 is 0 Å². The van der Waals surface area contributed by atoms with Crippen LogP contribution in [0.4, 0.5) is 5.69 Å². The lowest BCUT2D eigenvalue weighted by Gasteiger charge is -2.24. The molecule has 19 heavy (non-hydrogen) atoms. The highest BCUT2D eigenvalue weighted by Crippen LogP contribution is 2.16. The number of nitrogens with two attached hydrogens (primary N) is 1. The van der Waals surface area contributed by atoms with Crippen molar-refractivity contribution in [3.8, 4) is 0 Å². The van der Waals surface area contributed by atoms with E-state index < -0.39 is 0 Å². The van der Waals surface area contributed by atoms with Crippen molar-refractivity contribution < 1.29 is 0 Å². The third-order valence-electron chi connectivity index (χ3n) is 2.87. The van der Waals surface area contributed by atoms with Gasteiger partial charge < -0.3 is 10.6 Å². The number of benzene rings is 1. The third kappa shape index (κ3) is 4.10. The summed E-state index contributed by atoms with van der Waals surface area (Å²) < 4.78 is 0. The Hall–Kier alpha value is -2.36. The van der Waals surface area contributed by atoms with Gasteiger partial charge in [0.1, 0.15) is 0 Å². The summed E-state index contributed by atoms with van der Waals surface area (Å²) >= 11 is 0. The first kappa shape index (κ1) is 13.1. The van der Waals surface area contributed by atoms with Crippen molar-refractivity contribution in [2.75, 3.05) is 11.4 Å². The molecule has 0 saturated heterocycles. The van der Waals surface area contributed by atoms with Crippen molar-refractivity contribution in [3.05, 3.63) is 60.4 Å². The Morgan fingerprint density at radius 3 is 2.58 bits per heavy atom. The SMILES string of the molecule is N=C(N)CCN(Cc1cccnc1)c1ccccc1. The number of nitrogens with one attached hydrogen (secondary N) is 1. The summed E-state index contributed by atoms with van der Waals surface area (Å²) in [7, 11) is 0. The lowest BCUT2D eigenvalue weighted by Crippen LogP contribution is -2.27. The lowest BCUT2D eigenvalue weighted by atomic mass is 10.2. The maximum Gasteiger partial charge on any atom is 0.0923 e. The van der Waals surface area contributed by atoms with Gasteiger partial charge in [0, 0.05) is 37.6 Å². The van der Waals surface area contributed by atoms with Gasteiger partial charge in [-0.1, -0.05) is 24.3 Å². The summed E-state index contributed by atoms with van der Waals surface area (Å²) in [5.74, 6) is 0.215. The van der Waals surface area contributed by atoms with Crippen LogP contribution in [0.2, 0.25) is 0 Å². The molecule has 0 radical (unpaired) electrons. The van der Waals surface area contributed by atoms with Gasteiger partial charge in [0.25, 0.3) is 0 Å². The van der Waals surface area contributed by atoms with Gasteiger partial charge in [-0.2, -0.15) is 0 Å². The first-order chi connectivity index (χ1) is 9.25. The topological polar surface area (TPSA) is 66.0 Å². The van der Waals surface area contributed by atoms with Crippen LogP contribution in [0.15, 0.2) is 54.9 Å². The van der Waals surface area contributed by atoms with Crippen LogP contribution in [0.5, 0.6) is 0 Å². The van der Waals surface area contributed by atoms with E-state index in [1.165, 1.54) is 0 Å². The number of hydrogen-bond donors (Lipinski definition) is 2. The highest BCUT2D eigenvalue weighted by Gasteiger charge is 2.07. The standard InChI is InChI=1S/C15H18N4/c16-15(17)8-10-19(14-6-2-1-3-7-14)12-13-5-4-9-18-11-13/h1-7,9,11H,8,10,12H2,(H3,16,17). The summed E-state index contributed by atoms with van der Waals surface area (Å²) in [6.07, 6.45) is 4.20. The molecule has 1 aromatic heterocycles. The van der Waals surface area contributed by atoms with Crippen LogP contribution < -0.4 is 10.6 Å². The molecule has 2 aromatic rings. The van der Waals surface area contributed by atoms with Crippen molar-refractivity contribution in [2.45, 2.75) is 13.0 Å². The molecule has 0 aliphatic carbocycles. The van der Waals surface area contributed by atoms with E-state index in [1.54, 1.807) is 6.20 Å². The Morgan fingerprint density at radius 2 is 1.95 bits per heavy atom. The first-order valence-electron chi connectivity index (χ1n) is 6.27. The normalized spacial score (nSPS) is 10.1. The third-order valence-corrected chi connectivity index (χ3v) is 2.87. The van der Waals surface area contributed by atoms with Gasteiger partial charge in [-0.3, -0.25) is 10.4 Å². The van der Waals surface area contributed by atoms with Gasteiger partial charge in [-0.05, 0) is 23.8 Å². The quantitative estimate of drug-likeness (QED) is 0.614. The minimum atomic E-state index is 0.215. The minimum Gasteiger partial charge on any atom is -0.388 e. The fourth-order valence-electron chi connectivity index (χ4n) is 1.91. The molecule has 1 heterocycles. The van der Waals surface area contributed by atoms with Crippen molar-refractivity contribution in [2.24, 2.45) is 5.73 Å². The fourth-order valence-corrected chi connectivity index (χ4v) is 1.91. The summed E-state index contributed by atoms with van der Waals surface area (Å²) in [6, 6.07) is 14.1. The molecule has 0 atom stereocenters. The molecule has 0 spiro atoms. The molecular formula is C15H18N4. The molecule has 0 unspecified atom stereocenters. The first-order valence-corrected chi connectivity index (χ1v) is 6.27. The zero-order valence-corrected chi connectivity index (χ0v) is 10.8. The molecule has 98 valence electrons. The van der Waals surface area contributed by atoms with Crippen molar-refractivity contribution in [1.82, 2.24) is 4.98 Å². The number of nitrogens with zero attached hydrogens (tertiary/aromatic N) is 2. The van der Waals surface area contributed by atoms with Crippen molar-refractivity contribution in [3.63, 3.8) is 0 Å². The second-order valence-electron chi connectivity index (χ2n) is 4.39. The maximum atomic E-state index is 7.37. The number of rotatable bonds is 6. The van der Waals surface area contributed by atoms with Crippen LogP contribution >= 0.6 is 0 Å². The van der Waals surface area contributed by atoms with Crippen LogP contribution in [0.3, 0.4) is 0 Å². The van der Waals surface area contributed by atoms with E-state index in [9.17, 15) is 0 Å². The van der Waals surface area contributed by atoms with Crippen molar-refractivity contribution in [1.29, 1.82) is 5.41 Å². The zero-order valence-electron chi connectivity index (χ0n) is 10.8. The number of pyridine rings is 1. The number of para-hydroxylation sites is 1. The van der Waals surface area contributed by atoms with Gasteiger partial charge in [-0.15, -0.1) is 0 Å². The molecule has 0 fully saturated rings. The monoisotopic (exact) mass is 254 g/mol. The summed E-state index contributed by atoms with van der Waals surface area (Å²) in [6.45, 7) is 1.50. The average molecular weight is 254 g/mol. The molecule has 0 aliphatic heterocycles. The molecule has 0 saturated carbocycles. The van der Waals surface area contributed by atoms with E-state index in [0.29, 0.717) is 6.42 Å². The number of aromatic nitrogens is 1. The van der Waals surface area contributed by atoms with Gasteiger partial charge >= 0.3 is 0 Å². The van der Waals surface area contributed by atoms with Crippen LogP contribution in [0.25, 0.3) is 0 Å². The van der Waals surface area contributed by atoms with Gasteiger partial charge in [0.05, 0.1) is 5.84 Å². The van der Waals surface area contributed by atoms with Gasteiger partial charge in [0.2, 0.25) is 0 Å². The van der Waals surface area contributed by atoms with Gasteiger partial charge in [0.15, 0.2) is 0 Å². The highest BCUT2D eigenvalue weighted by molar-refractivity contribution is 5.77. The zero-order chi connectivity index (χ0) is 13.5. The Morgan fingerprint density at radius 1 is 1.16 bits per heavy atom. The number of anilines is 1. The number of hydrogen-bond acceptors (Lipinski definition) is 3. The maximum absolute atomic E-state index is 7.37. The summed E-state index contributed by atoms with van der Waals surface area (Å²) in [4.78, 5) is 6.34. The lowest BCUT2D eigenvalue weighted by molar-refractivity contribution is 0.799. The Kier molecular flexibility index (Phi) is 4.50. The predicted octanol–water partition coefficient (Wildman–Crippen LogP) is 2.41. The molecule has 2 rings (SSSR count). The molecular weight excluding hydrogens is 236 g/mol. The molecule has 1 aromatic carbocycles. The Balaban J connectivity index is 2.12. The summed E-state index contributed by atoms with van der Waals surface area (Å²) in [5.41, 5.74) is 7.74. The second kappa shape index (κ2) is 6.54. The van der Waals surface area contributed by atoms with Crippen LogP contribution in [-0.2, 0) is 6.54 Å². The molecule has 4 nitrogen and oxygen atoms in total. The van der Waals surface area contributed by atoms with Crippen molar-refractivity contribution >= 4 is 11.5 Å². The molecule has 3 N–H and O–H groups in total. The van der Waals surface area contributed by atoms with Gasteiger partial charge in [-0.25, -0.2) is 0 Å². The van der Waals surface area contributed by atoms with E-state index in [1.807, 2.05) is 30.5 Å². The number of amidine groups is 1. The highest BCUT2D eigenvalue weighted by atomic mass is 15.1. The van der Waals surface area contributed by atoms with E-state index in [4.69, 9.17) is 11.1 Å². The largest absolute Gasteiger partial charge is 0.388 e. The van der Waals surface area contributed by atoms with Crippen LogP contribution in [0, 0.1) is 5.41 Å². The summed E-state index contributed by atoms with van der Waals surface area (Å²) in [5, 5.41) is 7.37. The van der Waals surface area contributed by atoms with Crippen LogP contribution in [-0.4, -0.2) is 17.4 Å². The fraction of sp³-hybridized carbons (Fsp3) is 0.200. The average Bonchev–Trinajstić information content (AvgIpc) is 2.45. The minimum absolute atomic E-state index is 0.215. The van der Waals surface area contributed by atoms with E-state index in [2.05, 4.69) is 28.1 Å².